The molecule has 0 spiro atoms. The molecule has 1 aromatic rings. The second kappa shape index (κ2) is 11.5. The summed E-state index contributed by atoms with van der Waals surface area (Å²) in [6.45, 7) is 12.8. The van der Waals surface area contributed by atoms with Gasteiger partial charge >= 0.3 is 0 Å². The van der Waals surface area contributed by atoms with Crippen LogP contribution >= 0.6 is 0 Å². The van der Waals surface area contributed by atoms with Crippen molar-refractivity contribution in [3.05, 3.63) is 35.9 Å². The van der Waals surface area contributed by atoms with Gasteiger partial charge in [0.1, 0.15) is 0 Å². The molecule has 0 bridgehead atoms. The molecule has 2 N–H and O–H groups in total. The third-order valence-electron chi connectivity index (χ3n) is 6.22. The normalized spacial score (nSPS) is 22.2. The molecule has 2 saturated heterocycles. The molecule has 2 fully saturated rings. The molecule has 29 heavy (non-hydrogen) atoms. The zero-order valence-electron chi connectivity index (χ0n) is 18.4. The van der Waals surface area contributed by atoms with Gasteiger partial charge in [-0.15, -0.1) is 0 Å². The minimum atomic E-state index is 0.482. The SMILES string of the molecule is CN=C(NCC(C)CN1CCOCC1)NC1CCN(C(C)c2ccccc2)CC1. The van der Waals surface area contributed by atoms with Crippen LogP contribution in [0.1, 0.15) is 38.3 Å². The molecule has 2 heterocycles. The fourth-order valence-corrected chi connectivity index (χ4v) is 4.32. The van der Waals surface area contributed by atoms with E-state index >= 15 is 0 Å². The van der Waals surface area contributed by atoms with Crippen molar-refractivity contribution in [3.63, 3.8) is 0 Å². The lowest BCUT2D eigenvalue weighted by atomic mass is 10.0. The summed E-state index contributed by atoms with van der Waals surface area (Å²) in [5.74, 6) is 1.52. The number of nitrogens with one attached hydrogen (secondary N) is 2. The van der Waals surface area contributed by atoms with Crippen LogP contribution in [-0.2, 0) is 4.74 Å². The van der Waals surface area contributed by atoms with Crippen LogP contribution in [0.3, 0.4) is 0 Å². The van der Waals surface area contributed by atoms with Gasteiger partial charge in [-0.3, -0.25) is 14.8 Å². The summed E-state index contributed by atoms with van der Waals surface area (Å²) in [5.41, 5.74) is 1.41. The van der Waals surface area contributed by atoms with E-state index in [2.05, 4.69) is 69.6 Å². The van der Waals surface area contributed by atoms with Crippen LogP contribution in [0.5, 0.6) is 0 Å². The van der Waals surface area contributed by atoms with Crippen LogP contribution in [0.4, 0.5) is 0 Å². The standard InChI is InChI=1S/C23H39N5O/c1-19(18-27-13-15-29-16-14-27)17-25-23(24-3)26-22-9-11-28(12-10-22)20(2)21-7-5-4-6-8-21/h4-8,19-20,22H,9-18H2,1-3H3,(H2,24,25,26). The molecule has 162 valence electrons. The van der Waals surface area contributed by atoms with Gasteiger partial charge in [-0.25, -0.2) is 0 Å². The van der Waals surface area contributed by atoms with Crippen LogP contribution in [0.25, 0.3) is 0 Å². The number of aliphatic imine (C=N–C) groups is 1. The number of piperidine rings is 1. The lowest BCUT2D eigenvalue weighted by Gasteiger charge is -2.37. The predicted octanol–water partition coefficient (Wildman–Crippen LogP) is 2.35. The zero-order chi connectivity index (χ0) is 20.5. The Balaban J connectivity index is 1.37. The Labute approximate surface area is 176 Å². The Kier molecular flexibility index (Phi) is 8.77. The van der Waals surface area contributed by atoms with Gasteiger partial charge in [-0.2, -0.15) is 0 Å². The molecule has 3 rings (SSSR count). The highest BCUT2D eigenvalue weighted by atomic mass is 16.5. The summed E-state index contributed by atoms with van der Waals surface area (Å²) in [7, 11) is 1.87. The number of morpholine rings is 1. The van der Waals surface area contributed by atoms with Crippen molar-refractivity contribution in [1.29, 1.82) is 0 Å². The number of guanidine groups is 1. The average molecular weight is 402 g/mol. The number of likely N-dealkylation sites (tertiary alicyclic amines) is 1. The van der Waals surface area contributed by atoms with Gasteiger partial charge in [0.05, 0.1) is 13.2 Å². The second-order valence-corrected chi connectivity index (χ2v) is 8.51. The van der Waals surface area contributed by atoms with Crippen molar-refractivity contribution in [2.24, 2.45) is 10.9 Å². The van der Waals surface area contributed by atoms with E-state index in [1.54, 1.807) is 0 Å². The minimum absolute atomic E-state index is 0.482. The Bertz CT molecular complexity index is 609. The molecule has 0 radical (unpaired) electrons. The Morgan fingerprint density at radius 2 is 1.79 bits per heavy atom. The monoisotopic (exact) mass is 401 g/mol. The molecule has 0 aromatic heterocycles. The first-order valence-electron chi connectivity index (χ1n) is 11.2. The first kappa shape index (κ1) is 22.1. The van der Waals surface area contributed by atoms with Crippen molar-refractivity contribution >= 4 is 5.96 Å². The quantitative estimate of drug-likeness (QED) is 0.543. The van der Waals surface area contributed by atoms with Gasteiger partial charge < -0.3 is 15.4 Å². The van der Waals surface area contributed by atoms with Crippen LogP contribution in [0.15, 0.2) is 35.3 Å². The summed E-state index contributed by atoms with van der Waals surface area (Å²) >= 11 is 0. The van der Waals surface area contributed by atoms with Crippen LogP contribution in [-0.4, -0.2) is 81.3 Å². The zero-order valence-corrected chi connectivity index (χ0v) is 18.4. The van der Waals surface area contributed by atoms with Crippen molar-refractivity contribution in [1.82, 2.24) is 20.4 Å². The van der Waals surface area contributed by atoms with E-state index < -0.39 is 0 Å². The minimum Gasteiger partial charge on any atom is -0.379 e. The third-order valence-corrected chi connectivity index (χ3v) is 6.22. The topological polar surface area (TPSA) is 52.1 Å². The number of ether oxygens (including phenoxy) is 1. The summed E-state index contributed by atoms with van der Waals surface area (Å²) in [5, 5.41) is 7.18. The molecule has 2 aliphatic rings. The lowest BCUT2D eigenvalue weighted by Crippen LogP contribution is -2.50. The van der Waals surface area contributed by atoms with E-state index in [1.807, 2.05) is 7.05 Å². The highest BCUT2D eigenvalue weighted by Gasteiger charge is 2.24. The molecule has 2 unspecified atom stereocenters. The highest BCUT2D eigenvalue weighted by molar-refractivity contribution is 5.79. The highest BCUT2D eigenvalue weighted by Crippen LogP contribution is 2.23. The summed E-state index contributed by atoms with van der Waals surface area (Å²) < 4.78 is 5.44. The number of rotatable bonds is 7. The van der Waals surface area contributed by atoms with Gasteiger partial charge in [0.25, 0.3) is 0 Å². The predicted molar refractivity (Wildman–Crippen MR) is 120 cm³/mol. The molecule has 0 aliphatic carbocycles. The van der Waals surface area contributed by atoms with Gasteiger partial charge in [-0.1, -0.05) is 37.3 Å². The Morgan fingerprint density at radius 1 is 1.10 bits per heavy atom. The molecular weight excluding hydrogens is 362 g/mol. The largest absolute Gasteiger partial charge is 0.379 e. The van der Waals surface area contributed by atoms with Gasteiger partial charge in [0, 0.05) is 58.4 Å². The molecule has 2 atom stereocenters. The van der Waals surface area contributed by atoms with Crippen LogP contribution in [0.2, 0.25) is 0 Å². The number of benzene rings is 1. The molecule has 1 aromatic carbocycles. The molecular formula is C23H39N5O. The molecule has 0 saturated carbocycles. The van der Waals surface area contributed by atoms with E-state index in [0.29, 0.717) is 18.0 Å². The maximum atomic E-state index is 5.44. The number of hydrogen-bond donors (Lipinski definition) is 2. The Hall–Kier alpha value is -1.63. The number of hydrogen-bond acceptors (Lipinski definition) is 4. The summed E-state index contributed by atoms with van der Waals surface area (Å²) in [6, 6.07) is 11.8. The van der Waals surface area contributed by atoms with E-state index in [-0.39, 0.29) is 0 Å². The van der Waals surface area contributed by atoms with Gasteiger partial charge in [0.15, 0.2) is 5.96 Å². The van der Waals surface area contributed by atoms with E-state index in [1.165, 1.54) is 5.56 Å². The molecule has 0 amide bonds. The van der Waals surface area contributed by atoms with Gasteiger partial charge in [0.2, 0.25) is 0 Å². The van der Waals surface area contributed by atoms with Crippen molar-refractivity contribution in [2.75, 3.05) is 59.5 Å². The third kappa shape index (κ3) is 6.98. The van der Waals surface area contributed by atoms with E-state index in [9.17, 15) is 0 Å². The van der Waals surface area contributed by atoms with E-state index in [0.717, 1.165) is 71.3 Å². The lowest BCUT2D eigenvalue weighted by molar-refractivity contribution is 0.0320. The first-order chi connectivity index (χ1) is 14.2. The van der Waals surface area contributed by atoms with Crippen molar-refractivity contribution in [3.8, 4) is 0 Å². The average Bonchev–Trinajstić information content (AvgIpc) is 2.78. The Morgan fingerprint density at radius 3 is 2.45 bits per heavy atom. The fourth-order valence-electron chi connectivity index (χ4n) is 4.32. The van der Waals surface area contributed by atoms with E-state index in [4.69, 9.17) is 4.74 Å². The second-order valence-electron chi connectivity index (χ2n) is 8.51. The van der Waals surface area contributed by atoms with Crippen LogP contribution < -0.4 is 10.6 Å². The summed E-state index contributed by atoms with van der Waals surface area (Å²) in [6.07, 6.45) is 2.31. The summed E-state index contributed by atoms with van der Waals surface area (Å²) in [4.78, 5) is 9.54. The maximum absolute atomic E-state index is 5.44. The molecule has 6 heteroatoms. The smallest absolute Gasteiger partial charge is 0.191 e. The first-order valence-corrected chi connectivity index (χ1v) is 11.2. The van der Waals surface area contributed by atoms with Crippen LogP contribution in [0, 0.1) is 5.92 Å². The van der Waals surface area contributed by atoms with Crippen molar-refractivity contribution < 1.29 is 4.74 Å². The fraction of sp³-hybridized carbons (Fsp3) is 0.696. The molecule has 6 nitrogen and oxygen atoms in total. The molecule has 2 aliphatic heterocycles. The maximum Gasteiger partial charge on any atom is 0.191 e. The van der Waals surface area contributed by atoms with Crippen molar-refractivity contribution in [2.45, 2.75) is 38.8 Å². The van der Waals surface area contributed by atoms with Gasteiger partial charge in [-0.05, 0) is 31.2 Å². The number of nitrogens with zero attached hydrogens (tertiary/aromatic N) is 3.